The standard InChI is InChI=1S/C24H28N8O6/c1-30-8-10-31(11-9-30)17-6-7-19(21(13-17)37-15-36-2)28-24-26-14-20(32(34)35)22(29-24)27-16-4-3-5-18(12-16)38-23(25)33/h3-7,12-14H,8-11,15H2,1-2H3,(H2,25,33)(H2,26,27,28,29). The molecule has 3 aromatic rings. The van der Waals surface area contributed by atoms with Gasteiger partial charge in [-0.05, 0) is 31.3 Å². The number of amides is 1. The van der Waals surface area contributed by atoms with Gasteiger partial charge in [0.1, 0.15) is 17.7 Å². The fourth-order valence-corrected chi connectivity index (χ4v) is 3.79. The van der Waals surface area contributed by atoms with E-state index in [2.05, 4.69) is 37.4 Å². The van der Waals surface area contributed by atoms with Crippen LogP contribution in [0.3, 0.4) is 0 Å². The number of nitro groups is 1. The van der Waals surface area contributed by atoms with Gasteiger partial charge in [-0.3, -0.25) is 10.1 Å². The van der Waals surface area contributed by atoms with E-state index in [9.17, 15) is 14.9 Å². The van der Waals surface area contributed by atoms with Gasteiger partial charge >= 0.3 is 11.8 Å². The van der Waals surface area contributed by atoms with Gasteiger partial charge < -0.3 is 40.4 Å². The third-order valence-electron chi connectivity index (χ3n) is 5.69. The molecule has 1 saturated heterocycles. The van der Waals surface area contributed by atoms with Crippen LogP contribution in [0.5, 0.6) is 11.5 Å². The molecule has 2 heterocycles. The number of nitrogens with one attached hydrogen (secondary N) is 2. The van der Waals surface area contributed by atoms with E-state index < -0.39 is 11.0 Å². The van der Waals surface area contributed by atoms with E-state index in [0.29, 0.717) is 17.1 Å². The molecule has 1 aliphatic heterocycles. The molecule has 0 unspecified atom stereocenters. The van der Waals surface area contributed by atoms with Crippen molar-refractivity contribution in [3.8, 4) is 11.5 Å². The summed E-state index contributed by atoms with van der Waals surface area (Å²) in [6.07, 6.45) is 0.113. The van der Waals surface area contributed by atoms with Gasteiger partial charge in [0.25, 0.3) is 0 Å². The third kappa shape index (κ3) is 6.74. The monoisotopic (exact) mass is 524 g/mol. The molecular weight excluding hydrogens is 496 g/mol. The first-order chi connectivity index (χ1) is 18.3. The van der Waals surface area contributed by atoms with Crippen LogP contribution in [-0.2, 0) is 4.74 Å². The number of hydrogen-bond donors (Lipinski definition) is 3. The maximum Gasteiger partial charge on any atom is 0.409 e. The van der Waals surface area contributed by atoms with Crippen molar-refractivity contribution >= 4 is 40.6 Å². The fourth-order valence-electron chi connectivity index (χ4n) is 3.79. The van der Waals surface area contributed by atoms with Crippen molar-refractivity contribution < 1.29 is 23.9 Å². The van der Waals surface area contributed by atoms with Crippen molar-refractivity contribution in [2.45, 2.75) is 0 Å². The summed E-state index contributed by atoms with van der Waals surface area (Å²) in [5.74, 6) is 0.698. The number of rotatable bonds is 10. The number of nitrogens with two attached hydrogens (primary N) is 1. The Bertz CT molecular complexity index is 1300. The molecule has 1 aliphatic rings. The molecule has 4 N–H and O–H groups in total. The van der Waals surface area contributed by atoms with E-state index in [4.69, 9.17) is 19.9 Å². The molecule has 0 aliphatic carbocycles. The summed E-state index contributed by atoms with van der Waals surface area (Å²) in [4.78, 5) is 35.0. The third-order valence-corrected chi connectivity index (χ3v) is 5.69. The molecule has 0 spiro atoms. The molecule has 38 heavy (non-hydrogen) atoms. The molecule has 14 heteroatoms. The second-order valence-electron chi connectivity index (χ2n) is 8.41. The van der Waals surface area contributed by atoms with Crippen LogP contribution in [0.15, 0.2) is 48.7 Å². The summed E-state index contributed by atoms with van der Waals surface area (Å²) in [6, 6.07) is 11.9. The molecule has 14 nitrogen and oxygen atoms in total. The molecule has 0 atom stereocenters. The number of likely N-dealkylation sites (N-methyl/N-ethyl adjacent to an activating group) is 1. The lowest BCUT2D eigenvalue weighted by Crippen LogP contribution is -2.44. The number of carbonyl (C=O) groups excluding carboxylic acids is 1. The van der Waals surface area contributed by atoms with Crippen molar-refractivity contribution in [1.82, 2.24) is 14.9 Å². The number of ether oxygens (including phenoxy) is 3. The smallest absolute Gasteiger partial charge is 0.409 e. The van der Waals surface area contributed by atoms with Gasteiger partial charge in [0.2, 0.25) is 11.8 Å². The molecular formula is C24H28N8O6. The summed E-state index contributed by atoms with van der Waals surface area (Å²) >= 11 is 0. The van der Waals surface area contributed by atoms with E-state index >= 15 is 0 Å². The second-order valence-corrected chi connectivity index (χ2v) is 8.41. The molecule has 0 bridgehead atoms. The zero-order valence-corrected chi connectivity index (χ0v) is 20.9. The van der Waals surface area contributed by atoms with Crippen molar-refractivity contribution in [3.05, 3.63) is 58.8 Å². The Hall–Kier alpha value is -4.69. The fraction of sp³-hybridized carbons (Fsp3) is 0.292. The summed E-state index contributed by atoms with van der Waals surface area (Å²) in [6.45, 7) is 3.72. The van der Waals surface area contributed by atoms with E-state index in [1.165, 1.54) is 19.2 Å². The number of carbonyl (C=O) groups is 1. The predicted octanol–water partition coefficient (Wildman–Crippen LogP) is 3.06. The first-order valence-corrected chi connectivity index (χ1v) is 11.6. The topological polar surface area (TPSA) is 170 Å². The highest BCUT2D eigenvalue weighted by atomic mass is 16.7. The molecule has 1 fully saturated rings. The number of nitrogens with zero attached hydrogens (tertiary/aromatic N) is 5. The Morgan fingerprint density at radius 2 is 1.95 bits per heavy atom. The largest absolute Gasteiger partial charge is 0.465 e. The average Bonchev–Trinajstić information content (AvgIpc) is 2.88. The minimum absolute atomic E-state index is 0.0263. The molecule has 0 radical (unpaired) electrons. The predicted molar refractivity (Wildman–Crippen MR) is 141 cm³/mol. The minimum Gasteiger partial charge on any atom is -0.465 e. The van der Waals surface area contributed by atoms with Gasteiger partial charge in [-0.1, -0.05) is 6.07 Å². The molecule has 1 aromatic heterocycles. The van der Waals surface area contributed by atoms with Gasteiger partial charge in [-0.25, -0.2) is 9.78 Å². The van der Waals surface area contributed by atoms with Crippen LogP contribution in [0.4, 0.5) is 39.3 Å². The Labute approximate surface area is 218 Å². The lowest BCUT2D eigenvalue weighted by molar-refractivity contribution is -0.384. The number of benzene rings is 2. The molecule has 4 rings (SSSR count). The van der Waals surface area contributed by atoms with Crippen LogP contribution in [0.2, 0.25) is 0 Å². The van der Waals surface area contributed by atoms with E-state index in [0.717, 1.165) is 38.1 Å². The lowest BCUT2D eigenvalue weighted by Gasteiger charge is -2.34. The van der Waals surface area contributed by atoms with Gasteiger partial charge in [0, 0.05) is 56.8 Å². The van der Waals surface area contributed by atoms with Crippen molar-refractivity contribution in [3.63, 3.8) is 0 Å². The number of hydrogen-bond acceptors (Lipinski definition) is 12. The van der Waals surface area contributed by atoms with Crippen LogP contribution >= 0.6 is 0 Å². The maximum atomic E-state index is 11.6. The van der Waals surface area contributed by atoms with Crippen LogP contribution in [-0.4, -0.2) is 73.0 Å². The normalized spacial score (nSPS) is 13.6. The highest BCUT2D eigenvalue weighted by molar-refractivity contribution is 5.72. The highest BCUT2D eigenvalue weighted by Gasteiger charge is 2.20. The zero-order valence-electron chi connectivity index (χ0n) is 20.9. The minimum atomic E-state index is -0.980. The van der Waals surface area contributed by atoms with E-state index in [1.807, 2.05) is 18.2 Å². The zero-order chi connectivity index (χ0) is 27.1. The number of methoxy groups -OCH3 is 1. The van der Waals surface area contributed by atoms with E-state index in [-0.39, 0.29) is 30.0 Å². The lowest BCUT2D eigenvalue weighted by atomic mass is 10.2. The first-order valence-electron chi connectivity index (χ1n) is 11.6. The van der Waals surface area contributed by atoms with E-state index in [1.54, 1.807) is 12.1 Å². The van der Waals surface area contributed by atoms with Gasteiger partial charge in [-0.15, -0.1) is 0 Å². The number of aromatic nitrogens is 2. The SMILES string of the molecule is COCOc1cc(N2CCN(C)CC2)ccc1Nc1ncc([N+](=O)[O-])c(Nc2cccc(OC(N)=O)c2)n1. The Kier molecular flexibility index (Phi) is 8.35. The molecule has 200 valence electrons. The van der Waals surface area contributed by atoms with Crippen molar-refractivity contribution in [1.29, 1.82) is 0 Å². The summed E-state index contributed by atoms with van der Waals surface area (Å²) in [7, 11) is 3.62. The Morgan fingerprint density at radius 3 is 2.66 bits per heavy atom. The van der Waals surface area contributed by atoms with Gasteiger partial charge in [0.15, 0.2) is 6.79 Å². The number of piperazine rings is 1. The van der Waals surface area contributed by atoms with Crippen molar-refractivity contribution in [2.75, 3.05) is 62.7 Å². The van der Waals surface area contributed by atoms with Crippen LogP contribution in [0.1, 0.15) is 0 Å². The molecule has 0 saturated carbocycles. The Morgan fingerprint density at radius 1 is 1.16 bits per heavy atom. The van der Waals surface area contributed by atoms with Crippen LogP contribution in [0, 0.1) is 10.1 Å². The summed E-state index contributed by atoms with van der Waals surface area (Å²) in [5, 5.41) is 17.6. The quantitative estimate of drug-likeness (QED) is 0.201. The highest BCUT2D eigenvalue weighted by Crippen LogP contribution is 2.34. The van der Waals surface area contributed by atoms with Crippen molar-refractivity contribution in [2.24, 2.45) is 5.73 Å². The number of anilines is 5. The maximum absolute atomic E-state index is 11.6. The Balaban J connectivity index is 1.60. The van der Waals surface area contributed by atoms with Gasteiger partial charge in [0.05, 0.1) is 10.6 Å². The summed E-state index contributed by atoms with van der Waals surface area (Å²) < 4.78 is 15.7. The van der Waals surface area contributed by atoms with Crippen LogP contribution in [0.25, 0.3) is 0 Å². The summed E-state index contributed by atoms with van der Waals surface area (Å²) in [5.41, 5.74) is 6.65. The second kappa shape index (κ2) is 12.0. The average molecular weight is 525 g/mol. The molecule has 2 aromatic carbocycles. The molecule has 1 amide bonds. The van der Waals surface area contributed by atoms with Gasteiger partial charge in [-0.2, -0.15) is 4.98 Å². The number of primary amides is 1. The first kappa shape index (κ1) is 26.4. The van der Waals surface area contributed by atoms with Crippen LogP contribution < -0.4 is 30.7 Å².